The van der Waals surface area contributed by atoms with Gasteiger partial charge in [-0.25, -0.2) is 0 Å². The molecule has 0 amide bonds. The summed E-state index contributed by atoms with van der Waals surface area (Å²) in [5.41, 5.74) is 1.99. The highest BCUT2D eigenvalue weighted by Gasteiger charge is 2.60. The van der Waals surface area contributed by atoms with Crippen LogP contribution in [-0.2, 0) is 5.60 Å². The molecule has 1 heteroatoms. The number of hydrogen-bond donors (Lipinski definition) is 1. The number of rotatable bonds is 1. The van der Waals surface area contributed by atoms with E-state index >= 15 is 0 Å². The number of hydrogen-bond acceptors (Lipinski definition) is 1. The summed E-state index contributed by atoms with van der Waals surface area (Å²) < 4.78 is 0. The normalized spacial score (nSPS) is 42.4. The number of benzene rings is 1. The van der Waals surface area contributed by atoms with Crippen LogP contribution in [0.3, 0.4) is 0 Å². The van der Waals surface area contributed by atoms with Crippen LogP contribution < -0.4 is 0 Å². The van der Waals surface area contributed by atoms with E-state index in [9.17, 15) is 5.11 Å². The lowest BCUT2D eigenvalue weighted by atomic mass is 9.70. The molecule has 0 saturated heterocycles. The van der Waals surface area contributed by atoms with Crippen molar-refractivity contribution in [3.63, 3.8) is 0 Å². The lowest BCUT2D eigenvalue weighted by Gasteiger charge is -2.40. The van der Waals surface area contributed by atoms with Crippen LogP contribution in [-0.4, -0.2) is 5.11 Å². The molecule has 3 fully saturated rings. The van der Waals surface area contributed by atoms with Crippen molar-refractivity contribution in [2.45, 2.75) is 63.9 Å². The first kappa shape index (κ1) is 13.8. The minimum Gasteiger partial charge on any atom is -0.385 e. The fourth-order valence-electron chi connectivity index (χ4n) is 6.13. The Hall–Kier alpha value is -0.820. The molecule has 1 aromatic rings. The fourth-order valence-corrected chi connectivity index (χ4v) is 6.13. The third-order valence-corrected chi connectivity index (χ3v) is 6.90. The van der Waals surface area contributed by atoms with E-state index < -0.39 is 5.60 Å². The topological polar surface area (TPSA) is 20.2 Å². The lowest BCUT2D eigenvalue weighted by molar-refractivity contribution is -0.0655. The molecular formula is C20H28O. The first-order valence-corrected chi connectivity index (χ1v) is 9.01. The van der Waals surface area contributed by atoms with Crippen LogP contribution in [0.5, 0.6) is 0 Å². The highest BCUT2D eigenvalue weighted by molar-refractivity contribution is 5.35. The van der Waals surface area contributed by atoms with Crippen molar-refractivity contribution in [3.05, 3.63) is 35.4 Å². The van der Waals surface area contributed by atoms with Gasteiger partial charge >= 0.3 is 0 Å². The lowest BCUT2D eigenvalue weighted by Crippen LogP contribution is -2.40. The van der Waals surface area contributed by atoms with Gasteiger partial charge in [-0.3, -0.25) is 0 Å². The zero-order chi connectivity index (χ0) is 14.4. The third kappa shape index (κ3) is 1.93. The van der Waals surface area contributed by atoms with Gasteiger partial charge in [0.2, 0.25) is 0 Å². The molecule has 0 unspecified atom stereocenters. The molecule has 3 aliphatic carbocycles. The molecule has 0 bridgehead atoms. The molecular weight excluding hydrogens is 256 g/mol. The van der Waals surface area contributed by atoms with Crippen molar-refractivity contribution >= 4 is 0 Å². The Labute approximate surface area is 128 Å². The van der Waals surface area contributed by atoms with Crippen molar-refractivity contribution in [2.75, 3.05) is 0 Å². The highest BCUT2D eigenvalue weighted by Crippen LogP contribution is 2.63. The van der Waals surface area contributed by atoms with E-state index in [1.807, 2.05) is 0 Å². The predicted molar refractivity (Wildman–Crippen MR) is 86.0 cm³/mol. The summed E-state index contributed by atoms with van der Waals surface area (Å²) in [7, 11) is 0. The SMILES string of the molecule is Cc1ccccc1C1(O)[C@@H]2CCCC[C@@H]2[C@H]2CCCC[C@H]21. The van der Waals surface area contributed by atoms with E-state index in [2.05, 4.69) is 31.2 Å². The molecule has 4 rings (SSSR count). The van der Waals surface area contributed by atoms with Crippen molar-refractivity contribution in [1.82, 2.24) is 0 Å². The summed E-state index contributed by atoms with van der Waals surface area (Å²) in [6, 6.07) is 8.61. The van der Waals surface area contributed by atoms with Crippen LogP contribution in [0.25, 0.3) is 0 Å². The third-order valence-electron chi connectivity index (χ3n) is 6.90. The van der Waals surface area contributed by atoms with Gasteiger partial charge in [-0.05, 0) is 67.4 Å². The second-order valence-corrected chi connectivity index (χ2v) is 7.75. The van der Waals surface area contributed by atoms with E-state index in [1.165, 1.54) is 62.5 Å². The van der Waals surface area contributed by atoms with Gasteiger partial charge in [-0.2, -0.15) is 0 Å². The Bertz CT molecular complexity index is 498. The molecule has 3 aliphatic rings. The maximum absolute atomic E-state index is 11.9. The van der Waals surface area contributed by atoms with E-state index in [0.717, 1.165) is 11.8 Å². The Morgan fingerprint density at radius 1 is 0.857 bits per heavy atom. The summed E-state index contributed by atoms with van der Waals surface area (Å²) in [6.07, 6.45) is 10.6. The van der Waals surface area contributed by atoms with Gasteiger partial charge in [0, 0.05) is 0 Å². The molecule has 0 aliphatic heterocycles. The molecule has 4 atom stereocenters. The first-order chi connectivity index (χ1) is 10.2. The number of aryl methyl sites for hydroxylation is 1. The first-order valence-electron chi connectivity index (χ1n) is 9.01. The van der Waals surface area contributed by atoms with Gasteiger partial charge in [-0.15, -0.1) is 0 Å². The molecule has 1 nitrogen and oxygen atoms in total. The Morgan fingerprint density at radius 3 is 1.95 bits per heavy atom. The van der Waals surface area contributed by atoms with E-state index in [1.54, 1.807) is 0 Å². The molecule has 3 saturated carbocycles. The molecule has 1 aromatic carbocycles. The summed E-state index contributed by atoms with van der Waals surface area (Å²) >= 11 is 0. The zero-order valence-electron chi connectivity index (χ0n) is 13.2. The Morgan fingerprint density at radius 2 is 1.38 bits per heavy atom. The largest absolute Gasteiger partial charge is 0.385 e. The summed E-state index contributed by atoms with van der Waals surface area (Å²) in [5, 5.41) is 11.9. The van der Waals surface area contributed by atoms with Crippen molar-refractivity contribution in [1.29, 1.82) is 0 Å². The smallest absolute Gasteiger partial charge is 0.0960 e. The standard InChI is InChI=1S/C20H28O/c1-14-8-2-5-11-17(14)20(21)18-12-6-3-9-15(18)16-10-4-7-13-19(16)20/h2,5,8,11,15-16,18-19,21H,3-4,6-7,9-10,12-13H2,1H3/t15-,16-,18-,19-/m1/s1. The number of fused-ring (bicyclic) bond motifs is 3. The molecule has 1 N–H and O–H groups in total. The second-order valence-electron chi connectivity index (χ2n) is 7.75. The van der Waals surface area contributed by atoms with Crippen LogP contribution in [0.2, 0.25) is 0 Å². The molecule has 0 heterocycles. The quantitative estimate of drug-likeness (QED) is 0.784. The van der Waals surface area contributed by atoms with Crippen molar-refractivity contribution in [3.8, 4) is 0 Å². The van der Waals surface area contributed by atoms with Gasteiger partial charge in [-0.1, -0.05) is 49.9 Å². The van der Waals surface area contributed by atoms with Crippen LogP contribution >= 0.6 is 0 Å². The fraction of sp³-hybridized carbons (Fsp3) is 0.700. The summed E-state index contributed by atoms with van der Waals surface area (Å²) in [4.78, 5) is 0. The maximum Gasteiger partial charge on any atom is 0.0960 e. The highest BCUT2D eigenvalue weighted by atomic mass is 16.3. The second kappa shape index (κ2) is 5.12. The van der Waals surface area contributed by atoms with Gasteiger partial charge in [0.15, 0.2) is 0 Å². The van der Waals surface area contributed by atoms with Crippen LogP contribution in [0.15, 0.2) is 24.3 Å². The van der Waals surface area contributed by atoms with E-state index in [4.69, 9.17) is 0 Å². The summed E-state index contributed by atoms with van der Waals surface area (Å²) in [5.74, 6) is 2.60. The van der Waals surface area contributed by atoms with Crippen LogP contribution in [0.4, 0.5) is 0 Å². The Balaban J connectivity index is 1.82. The molecule has 21 heavy (non-hydrogen) atoms. The average molecular weight is 284 g/mol. The van der Waals surface area contributed by atoms with Crippen LogP contribution in [0, 0.1) is 30.6 Å². The zero-order valence-corrected chi connectivity index (χ0v) is 13.2. The molecule has 114 valence electrons. The van der Waals surface area contributed by atoms with Crippen molar-refractivity contribution < 1.29 is 5.11 Å². The monoisotopic (exact) mass is 284 g/mol. The number of aliphatic hydroxyl groups is 1. The molecule has 0 aromatic heterocycles. The minimum atomic E-state index is -0.540. The van der Waals surface area contributed by atoms with Gasteiger partial charge in [0.05, 0.1) is 5.60 Å². The average Bonchev–Trinajstić information content (AvgIpc) is 2.79. The van der Waals surface area contributed by atoms with Gasteiger partial charge in [0.1, 0.15) is 0 Å². The predicted octanol–water partition coefficient (Wildman–Crippen LogP) is 4.81. The maximum atomic E-state index is 11.9. The molecule has 0 spiro atoms. The van der Waals surface area contributed by atoms with Gasteiger partial charge in [0.25, 0.3) is 0 Å². The minimum absolute atomic E-state index is 0.514. The van der Waals surface area contributed by atoms with E-state index in [0.29, 0.717) is 11.8 Å². The van der Waals surface area contributed by atoms with Crippen LogP contribution in [0.1, 0.15) is 62.5 Å². The van der Waals surface area contributed by atoms with Crippen molar-refractivity contribution in [2.24, 2.45) is 23.7 Å². The summed E-state index contributed by atoms with van der Waals surface area (Å²) in [6.45, 7) is 2.18. The molecule has 0 radical (unpaired) electrons. The van der Waals surface area contributed by atoms with E-state index in [-0.39, 0.29) is 0 Å². The Kier molecular flexibility index (Phi) is 3.37. The van der Waals surface area contributed by atoms with Gasteiger partial charge < -0.3 is 5.11 Å².